The van der Waals surface area contributed by atoms with Gasteiger partial charge in [-0.3, -0.25) is 4.98 Å². The molecule has 1 aliphatic rings. The molecule has 0 N–H and O–H groups in total. The van der Waals surface area contributed by atoms with Crippen LogP contribution in [0, 0.1) is 5.95 Å². The maximum atomic E-state index is 13.6. The number of aromatic nitrogens is 4. The molecule has 0 aliphatic heterocycles. The Kier molecular flexibility index (Phi) is 3.28. The van der Waals surface area contributed by atoms with E-state index in [-0.39, 0.29) is 17.0 Å². The zero-order valence-electron chi connectivity index (χ0n) is 11.9. The number of rotatable bonds is 2. The molecule has 124 valence electrons. The molecule has 24 heavy (non-hydrogen) atoms. The summed E-state index contributed by atoms with van der Waals surface area (Å²) in [6.07, 6.45) is -1.85. The third-order valence-corrected chi connectivity index (χ3v) is 4.29. The fraction of sp³-hybridized carbons (Fsp3) is 0.267. The smallest absolute Gasteiger partial charge is 0.260 e. The average molecular weight is 357 g/mol. The number of hydrogen-bond acceptors (Lipinski definition) is 3. The van der Waals surface area contributed by atoms with Crippen molar-refractivity contribution in [3.8, 4) is 0 Å². The second kappa shape index (κ2) is 5.14. The molecule has 3 aromatic heterocycles. The van der Waals surface area contributed by atoms with E-state index in [0.717, 1.165) is 23.0 Å². The summed E-state index contributed by atoms with van der Waals surface area (Å²) in [5, 5.41) is 3.97. The van der Waals surface area contributed by atoms with E-state index in [0.29, 0.717) is 23.3 Å². The summed E-state index contributed by atoms with van der Waals surface area (Å²) in [5.74, 6) is -0.702. The summed E-state index contributed by atoms with van der Waals surface area (Å²) >= 11 is 5.92. The van der Waals surface area contributed by atoms with Crippen LogP contribution in [-0.4, -0.2) is 19.6 Å². The first-order valence-electron chi connectivity index (χ1n) is 7.07. The molecular formula is C15H9ClF4N4. The minimum atomic E-state index is -4.41. The van der Waals surface area contributed by atoms with Gasteiger partial charge < -0.3 is 0 Å². The fourth-order valence-corrected chi connectivity index (χ4v) is 3.06. The van der Waals surface area contributed by atoms with Gasteiger partial charge in [-0.1, -0.05) is 11.6 Å². The maximum absolute atomic E-state index is 13.6. The first kappa shape index (κ1) is 15.3. The molecule has 1 saturated carbocycles. The normalized spacial score (nSPS) is 20.5. The van der Waals surface area contributed by atoms with Crippen molar-refractivity contribution in [1.29, 1.82) is 0 Å². The van der Waals surface area contributed by atoms with Gasteiger partial charge in [0, 0.05) is 23.4 Å². The standard InChI is InChI=1S/C15H9ClF4N4/c16-12-4-10(14-22-6-13(17)24(14)23-12)8-3-9(8)11-2-1-7(5-21-11)15(18,19)20/h1-2,4-6,8-9H,3H2/t8-,9-/m1/s1. The lowest BCUT2D eigenvalue weighted by molar-refractivity contribution is -0.137. The van der Waals surface area contributed by atoms with Crippen LogP contribution in [0.4, 0.5) is 17.6 Å². The van der Waals surface area contributed by atoms with Crippen molar-refractivity contribution in [2.24, 2.45) is 0 Å². The predicted octanol–water partition coefficient (Wildman–Crippen LogP) is 4.21. The van der Waals surface area contributed by atoms with Gasteiger partial charge in [-0.05, 0) is 30.5 Å². The van der Waals surface area contributed by atoms with Crippen molar-refractivity contribution in [2.45, 2.75) is 24.4 Å². The van der Waals surface area contributed by atoms with Gasteiger partial charge in [0.2, 0.25) is 5.95 Å². The third kappa shape index (κ3) is 2.50. The molecule has 2 atom stereocenters. The highest BCUT2D eigenvalue weighted by molar-refractivity contribution is 6.29. The Balaban J connectivity index is 1.65. The van der Waals surface area contributed by atoms with Gasteiger partial charge in [0.1, 0.15) is 0 Å². The van der Waals surface area contributed by atoms with E-state index in [1.807, 2.05) is 0 Å². The monoisotopic (exact) mass is 356 g/mol. The molecule has 0 unspecified atom stereocenters. The number of nitrogens with zero attached hydrogens (tertiary/aromatic N) is 4. The molecule has 9 heteroatoms. The predicted molar refractivity (Wildman–Crippen MR) is 77.3 cm³/mol. The van der Waals surface area contributed by atoms with Crippen LogP contribution in [-0.2, 0) is 6.18 Å². The summed E-state index contributed by atoms with van der Waals surface area (Å²) in [7, 11) is 0. The highest BCUT2D eigenvalue weighted by Crippen LogP contribution is 2.55. The van der Waals surface area contributed by atoms with Gasteiger partial charge in [0.05, 0.1) is 11.8 Å². The first-order chi connectivity index (χ1) is 11.3. The Bertz CT molecular complexity index is 920. The quantitative estimate of drug-likeness (QED) is 0.646. The molecule has 0 saturated heterocycles. The minimum Gasteiger partial charge on any atom is -0.260 e. The third-order valence-electron chi connectivity index (χ3n) is 4.11. The largest absolute Gasteiger partial charge is 0.417 e. The number of halogens is 5. The van der Waals surface area contributed by atoms with E-state index in [2.05, 4.69) is 15.1 Å². The minimum absolute atomic E-state index is 0.0287. The Morgan fingerprint density at radius 3 is 2.58 bits per heavy atom. The van der Waals surface area contributed by atoms with Crippen LogP contribution in [0.1, 0.15) is 35.1 Å². The van der Waals surface area contributed by atoms with Crippen LogP contribution in [0.25, 0.3) is 5.65 Å². The number of imidazole rings is 1. The van der Waals surface area contributed by atoms with Crippen molar-refractivity contribution < 1.29 is 17.6 Å². The molecule has 4 rings (SSSR count). The van der Waals surface area contributed by atoms with E-state index < -0.39 is 17.7 Å². The molecular weight excluding hydrogens is 348 g/mol. The lowest BCUT2D eigenvalue weighted by atomic mass is 10.1. The molecule has 0 aromatic carbocycles. The average Bonchev–Trinajstić information content (AvgIpc) is 3.24. The molecule has 0 bridgehead atoms. The second-order valence-electron chi connectivity index (χ2n) is 5.66. The van der Waals surface area contributed by atoms with E-state index >= 15 is 0 Å². The SMILES string of the molecule is Fc1cnc2c([C@@H]3C[C@H]3c3ccc(C(F)(F)F)cn3)cc(Cl)nn12. The molecule has 0 spiro atoms. The summed E-state index contributed by atoms with van der Waals surface area (Å²) in [4.78, 5) is 7.91. The Morgan fingerprint density at radius 1 is 1.12 bits per heavy atom. The zero-order valence-corrected chi connectivity index (χ0v) is 12.7. The molecule has 1 aliphatic carbocycles. The number of alkyl halides is 3. The van der Waals surface area contributed by atoms with Crippen molar-refractivity contribution in [2.75, 3.05) is 0 Å². The van der Waals surface area contributed by atoms with Gasteiger partial charge in [-0.15, -0.1) is 0 Å². The Morgan fingerprint density at radius 2 is 1.92 bits per heavy atom. The highest BCUT2D eigenvalue weighted by atomic mass is 35.5. The van der Waals surface area contributed by atoms with E-state index in [4.69, 9.17) is 11.6 Å². The summed E-state index contributed by atoms with van der Waals surface area (Å²) in [6, 6.07) is 4.00. The lowest BCUT2D eigenvalue weighted by Gasteiger charge is -2.07. The van der Waals surface area contributed by atoms with Crippen LogP contribution < -0.4 is 0 Å². The molecule has 4 nitrogen and oxygen atoms in total. The van der Waals surface area contributed by atoms with E-state index in [1.165, 1.54) is 6.07 Å². The van der Waals surface area contributed by atoms with Crippen LogP contribution >= 0.6 is 11.6 Å². The van der Waals surface area contributed by atoms with Crippen molar-refractivity contribution in [3.05, 3.63) is 58.5 Å². The van der Waals surface area contributed by atoms with Crippen molar-refractivity contribution in [1.82, 2.24) is 19.6 Å². The molecule has 0 radical (unpaired) electrons. The van der Waals surface area contributed by atoms with Crippen molar-refractivity contribution >= 4 is 17.2 Å². The lowest BCUT2D eigenvalue weighted by Crippen LogP contribution is -2.05. The van der Waals surface area contributed by atoms with Gasteiger partial charge >= 0.3 is 6.18 Å². The maximum Gasteiger partial charge on any atom is 0.417 e. The van der Waals surface area contributed by atoms with Gasteiger partial charge in [0.15, 0.2) is 10.8 Å². The molecule has 3 heterocycles. The summed E-state index contributed by atoms with van der Waals surface area (Å²) in [5.41, 5.74) is 0.848. The number of hydrogen-bond donors (Lipinski definition) is 0. The Hall–Kier alpha value is -2.22. The number of fused-ring (bicyclic) bond motifs is 1. The zero-order chi connectivity index (χ0) is 17.1. The van der Waals surface area contributed by atoms with E-state index in [9.17, 15) is 17.6 Å². The number of pyridine rings is 1. The van der Waals surface area contributed by atoms with Crippen LogP contribution in [0.3, 0.4) is 0 Å². The Labute approximate surface area is 138 Å². The second-order valence-corrected chi connectivity index (χ2v) is 6.04. The highest BCUT2D eigenvalue weighted by Gasteiger charge is 2.43. The van der Waals surface area contributed by atoms with E-state index in [1.54, 1.807) is 6.07 Å². The van der Waals surface area contributed by atoms with Crippen LogP contribution in [0.2, 0.25) is 5.15 Å². The fourth-order valence-electron chi connectivity index (χ4n) is 2.86. The summed E-state index contributed by atoms with van der Waals surface area (Å²) < 4.78 is 52.4. The van der Waals surface area contributed by atoms with Gasteiger partial charge in [-0.25, -0.2) is 4.98 Å². The molecule has 3 aromatic rings. The topological polar surface area (TPSA) is 43.1 Å². The first-order valence-corrected chi connectivity index (χ1v) is 7.45. The molecule has 0 amide bonds. The van der Waals surface area contributed by atoms with Crippen LogP contribution in [0.15, 0.2) is 30.6 Å². The van der Waals surface area contributed by atoms with Gasteiger partial charge in [0.25, 0.3) is 0 Å². The molecule has 1 fully saturated rings. The van der Waals surface area contributed by atoms with Crippen molar-refractivity contribution in [3.63, 3.8) is 0 Å². The van der Waals surface area contributed by atoms with Gasteiger partial charge in [-0.2, -0.15) is 27.2 Å². The van der Waals surface area contributed by atoms with Crippen LogP contribution in [0.5, 0.6) is 0 Å². The summed E-state index contributed by atoms with van der Waals surface area (Å²) in [6.45, 7) is 0.